The fraction of sp³-hybridized carbons (Fsp3) is 0.462. The number of nitrogens with one attached hydrogen (secondary N) is 2. The summed E-state index contributed by atoms with van der Waals surface area (Å²) in [5, 5.41) is 6.04. The number of hydrogen-bond acceptors (Lipinski definition) is 2. The van der Waals surface area contributed by atoms with E-state index < -0.39 is 0 Å². The lowest BCUT2D eigenvalue weighted by molar-refractivity contribution is -0.120. The van der Waals surface area contributed by atoms with Gasteiger partial charge in [-0.3, -0.25) is 4.79 Å². The van der Waals surface area contributed by atoms with Gasteiger partial charge in [0, 0.05) is 4.47 Å². The Bertz CT molecular complexity index is 351. The van der Waals surface area contributed by atoms with Crippen molar-refractivity contribution in [2.45, 2.75) is 26.3 Å². The first-order valence-electron chi connectivity index (χ1n) is 5.89. The van der Waals surface area contributed by atoms with Crippen molar-refractivity contribution >= 4 is 21.8 Å². The van der Waals surface area contributed by atoms with Crippen LogP contribution in [0, 0.1) is 0 Å². The van der Waals surface area contributed by atoms with E-state index in [1.807, 2.05) is 31.2 Å². The molecule has 1 amide bonds. The maximum atomic E-state index is 11.6. The highest BCUT2D eigenvalue weighted by molar-refractivity contribution is 9.10. The van der Waals surface area contributed by atoms with Gasteiger partial charge in [0.15, 0.2) is 0 Å². The number of halogens is 1. The minimum atomic E-state index is 0.0360. The predicted octanol–water partition coefficient (Wildman–Crippen LogP) is 2.63. The van der Waals surface area contributed by atoms with E-state index in [-0.39, 0.29) is 11.9 Å². The van der Waals surface area contributed by atoms with E-state index >= 15 is 0 Å². The molecule has 1 rings (SSSR count). The molecule has 0 radical (unpaired) electrons. The van der Waals surface area contributed by atoms with Gasteiger partial charge < -0.3 is 10.6 Å². The van der Waals surface area contributed by atoms with Gasteiger partial charge in [0.05, 0.1) is 12.6 Å². The molecule has 0 fully saturated rings. The molecule has 94 valence electrons. The molecule has 0 spiro atoms. The van der Waals surface area contributed by atoms with Crippen LogP contribution < -0.4 is 10.6 Å². The minimum absolute atomic E-state index is 0.0360. The van der Waals surface area contributed by atoms with Crippen LogP contribution in [0.5, 0.6) is 0 Å². The van der Waals surface area contributed by atoms with E-state index in [4.69, 9.17) is 0 Å². The summed E-state index contributed by atoms with van der Waals surface area (Å²) in [6.07, 6.45) is 1.04. The zero-order chi connectivity index (χ0) is 12.7. The van der Waals surface area contributed by atoms with Crippen molar-refractivity contribution in [3.63, 3.8) is 0 Å². The molecule has 2 N–H and O–H groups in total. The van der Waals surface area contributed by atoms with Gasteiger partial charge in [-0.05, 0) is 37.6 Å². The van der Waals surface area contributed by atoms with Crippen LogP contribution >= 0.6 is 15.9 Å². The zero-order valence-corrected chi connectivity index (χ0v) is 11.9. The monoisotopic (exact) mass is 298 g/mol. The quantitative estimate of drug-likeness (QED) is 0.793. The fourth-order valence-electron chi connectivity index (χ4n) is 1.51. The maximum Gasteiger partial charge on any atom is 0.234 e. The fourth-order valence-corrected chi connectivity index (χ4v) is 1.77. The molecule has 0 bridgehead atoms. The summed E-state index contributed by atoms with van der Waals surface area (Å²) >= 11 is 3.39. The number of carbonyl (C=O) groups is 1. The van der Waals surface area contributed by atoms with E-state index in [2.05, 4.69) is 33.5 Å². The van der Waals surface area contributed by atoms with Crippen LogP contribution in [0.3, 0.4) is 0 Å². The lowest BCUT2D eigenvalue weighted by Gasteiger charge is -2.14. The van der Waals surface area contributed by atoms with Crippen molar-refractivity contribution in [2.75, 3.05) is 13.1 Å². The highest BCUT2D eigenvalue weighted by atomic mass is 79.9. The van der Waals surface area contributed by atoms with Crippen LogP contribution in [0.15, 0.2) is 28.7 Å². The molecule has 0 aliphatic heterocycles. The molecule has 3 nitrogen and oxygen atoms in total. The van der Waals surface area contributed by atoms with Crippen LogP contribution in [0.25, 0.3) is 0 Å². The third-order valence-corrected chi connectivity index (χ3v) is 2.99. The Morgan fingerprint density at radius 2 is 2.00 bits per heavy atom. The highest BCUT2D eigenvalue weighted by Crippen LogP contribution is 2.16. The van der Waals surface area contributed by atoms with Gasteiger partial charge in [-0.1, -0.05) is 35.0 Å². The van der Waals surface area contributed by atoms with Crippen molar-refractivity contribution in [1.29, 1.82) is 0 Å². The second kappa shape index (κ2) is 7.45. The summed E-state index contributed by atoms with van der Waals surface area (Å²) in [6.45, 7) is 5.32. The second-order valence-corrected chi connectivity index (χ2v) is 4.93. The van der Waals surface area contributed by atoms with Gasteiger partial charge in [-0.15, -0.1) is 0 Å². The lowest BCUT2D eigenvalue weighted by atomic mass is 10.1. The van der Waals surface area contributed by atoms with Gasteiger partial charge in [0.25, 0.3) is 0 Å². The summed E-state index contributed by atoms with van der Waals surface area (Å²) < 4.78 is 1.05. The number of amides is 1. The molecule has 0 aliphatic rings. The molecular weight excluding hydrogens is 280 g/mol. The van der Waals surface area contributed by atoms with Crippen LogP contribution in [0.1, 0.15) is 31.9 Å². The average molecular weight is 299 g/mol. The van der Waals surface area contributed by atoms with E-state index in [0.29, 0.717) is 6.54 Å². The summed E-state index contributed by atoms with van der Waals surface area (Å²) in [5.41, 5.74) is 1.11. The molecule has 0 heterocycles. The smallest absolute Gasteiger partial charge is 0.234 e. The molecule has 0 unspecified atom stereocenters. The number of hydrogen-bond donors (Lipinski definition) is 2. The topological polar surface area (TPSA) is 41.1 Å². The van der Waals surface area contributed by atoms with Gasteiger partial charge >= 0.3 is 0 Å². The Labute approximate surface area is 111 Å². The Balaban J connectivity index is 2.40. The van der Waals surface area contributed by atoms with Crippen molar-refractivity contribution in [3.05, 3.63) is 34.3 Å². The van der Waals surface area contributed by atoms with E-state index in [9.17, 15) is 4.79 Å². The van der Waals surface area contributed by atoms with E-state index in [0.717, 1.165) is 23.0 Å². The standard InChI is InChI=1S/C13H19BrN2O/c1-3-8-15-9-13(17)16-10(2)11-4-6-12(14)7-5-11/h4-7,10,15H,3,8-9H2,1-2H3,(H,16,17)/t10-/m1/s1. The molecule has 1 atom stereocenters. The number of rotatable bonds is 6. The van der Waals surface area contributed by atoms with Crippen molar-refractivity contribution < 1.29 is 4.79 Å². The summed E-state index contributed by atoms with van der Waals surface area (Å²) in [4.78, 5) is 11.6. The first-order chi connectivity index (χ1) is 8.13. The van der Waals surface area contributed by atoms with Crippen LogP contribution in [0.2, 0.25) is 0 Å². The molecule has 0 saturated carbocycles. The van der Waals surface area contributed by atoms with Crippen molar-refractivity contribution in [3.8, 4) is 0 Å². The maximum absolute atomic E-state index is 11.6. The number of benzene rings is 1. The SMILES string of the molecule is CCCNCC(=O)N[C@H](C)c1ccc(Br)cc1. The first-order valence-corrected chi connectivity index (χ1v) is 6.68. The molecule has 0 aliphatic carbocycles. The van der Waals surface area contributed by atoms with Crippen LogP contribution in [-0.2, 0) is 4.79 Å². The Hall–Kier alpha value is -0.870. The van der Waals surface area contributed by atoms with Crippen LogP contribution in [0.4, 0.5) is 0 Å². The Morgan fingerprint density at radius 1 is 1.35 bits per heavy atom. The number of carbonyl (C=O) groups excluding carboxylic acids is 1. The summed E-state index contributed by atoms with van der Waals surface area (Å²) in [5.74, 6) is 0.0360. The van der Waals surface area contributed by atoms with Crippen LogP contribution in [-0.4, -0.2) is 19.0 Å². The van der Waals surface area contributed by atoms with Gasteiger partial charge in [0.1, 0.15) is 0 Å². The van der Waals surface area contributed by atoms with E-state index in [1.165, 1.54) is 0 Å². The Morgan fingerprint density at radius 3 is 2.59 bits per heavy atom. The lowest BCUT2D eigenvalue weighted by Crippen LogP contribution is -2.35. The summed E-state index contributed by atoms with van der Waals surface area (Å²) in [7, 11) is 0. The van der Waals surface area contributed by atoms with Gasteiger partial charge in [-0.25, -0.2) is 0 Å². The second-order valence-electron chi connectivity index (χ2n) is 4.02. The third-order valence-electron chi connectivity index (χ3n) is 2.46. The summed E-state index contributed by atoms with van der Waals surface area (Å²) in [6, 6.07) is 8.02. The molecular formula is C13H19BrN2O. The minimum Gasteiger partial charge on any atom is -0.348 e. The first kappa shape index (κ1) is 14.2. The Kier molecular flexibility index (Phi) is 6.22. The van der Waals surface area contributed by atoms with Crippen molar-refractivity contribution in [1.82, 2.24) is 10.6 Å². The largest absolute Gasteiger partial charge is 0.348 e. The third kappa shape index (κ3) is 5.33. The van der Waals surface area contributed by atoms with E-state index in [1.54, 1.807) is 0 Å². The predicted molar refractivity (Wildman–Crippen MR) is 73.9 cm³/mol. The molecule has 1 aromatic carbocycles. The average Bonchev–Trinajstić information content (AvgIpc) is 2.30. The molecule has 17 heavy (non-hydrogen) atoms. The van der Waals surface area contributed by atoms with Gasteiger partial charge in [-0.2, -0.15) is 0 Å². The molecule has 4 heteroatoms. The molecule has 0 aromatic heterocycles. The highest BCUT2D eigenvalue weighted by Gasteiger charge is 2.08. The van der Waals surface area contributed by atoms with Gasteiger partial charge in [0.2, 0.25) is 5.91 Å². The van der Waals surface area contributed by atoms with Crippen molar-refractivity contribution in [2.24, 2.45) is 0 Å². The molecule has 1 aromatic rings. The zero-order valence-electron chi connectivity index (χ0n) is 10.3. The molecule has 0 saturated heterocycles. The normalized spacial score (nSPS) is 12.2.